The quantitative estimate of drug-likeness (QED) is 0.432. The van der Waals surface area contributed by atoms with E-state index in [9.17, 15) is 24.3 Å². The number of esters is 1. The van der Waals surface area contributed by atoms with Crippen LogP contribution in [0.25, 0.3) is 0 Å². The van der Waals surface area contributed by atoms with Crippen LogP contribution in [0, 0.1) is 22.7 Å². The van der Waals surface area contributed by atoms with Crippen molar-refractivity contribution in [1.82, 2.24) is 5.32 Å². The molecule has 0 spiro atoms. The van der Waals surface area contributed by atoms with Gasteiger partial charge in [-0.2, -0.15) is 0 Å². The molecule has 1 aliphatic heterocycles. The van der Waals surface area contributed by atoms with Gasteiger partial charge in [0, 0.05) is 23.3 Å². The number of amides is 1. The number of allylic oxidation sites excluding steroid dienone is 4. The zero-order valence-corrected chi connectivity index (χ0v) is 26.1. The third kappa shape index (κ3) is 4.86. The Bertz CT molecular complexity index is 1290. The van der Waals surface area contributed by atoms with Crippen molar-refractivity contribution in [1.29, 1.82) is 0 Å². The number of alkyl carbamates (subject to hydrolysis) is 1. The monoisotopic (exact) mass is 605 g/mol. The standard InChI is InChI=1S/C32H44FNO9/c1-27(2,3)42-26(39)34-13-11-25(38)40-17-23(37)32-24(41-28(4,5)43-32)15-21-20-9-8-18-14-19(35)10-12-29(18,6)31(20,33)22(36)16-30(21,32)7/h10,12,14,20-22,24,36H,8-9,11,13,15-17H2,1-7H3,(H,34,39)/t20-,21-,22-,24+,29-,30-,31-,32+/m0/s1. The zero-order valence-electron chi connectivity index (χ0n) is 26.1. The van der Waals surface area contributed by atoms with Crippen molar-refractivity contribution in [2.75, 3.05) is 13.2 Å². The minimum Gasteiger partial charge on any atom is -0.457 e. The number of halogens is 1. The number of nitrogens with one attached hydrogen (secondary N) is 1. The molecule has 2 N–H and O–H groups in total. The highest BCUT2D eigenvalue weighted by Gasteiger charge is 2.80. The molecule has 4 fully saturated rings. The van der Waals surface area contributed by atoms with Crippen molar-refractivity contribution < 1.29 is 47.6 Å². The van der Waals surface area contributed by atoms with Crippen LogP contribution in [0.1, 0.15) is 80.6 Å². The number of hydrogen-bond acceptors (Lipinski definition) is 9. The van der Waals surface area contributed by atoms with Gasteiger partial charge in [0.05, 0.1) is 18.6 Å². The van der Waals surface area contributed by atoms with Crippen LogP contribution >= 0.6 is 0 Å². The largest absolute Gasteiger partial charge is 0.457 e. The number of rotatable bonds is 6. The fraction of sp³-hybridized carbons (Fsp3) is 0.750. The minimum atomic E-state index is -2.07. The van der Waals surface area contributed by atoms with E-state index in [1.165, 1.54) is 12.2 Å². The smallest absolute Gasteiger partial charge is 0.407 e. The SMILES string of the molecule is CC(C)(C)OC(=O)NCCC(=O)OCC(=O)[C@@]12OC(C)(C)O[C@@H]1C[C@H]1[C@@H]3CCC4=CC(=O)C=C[C@]4(C)[C@@]3(F)[C@@H](O)C[C@@]12C. The molecule has 0 unspecified atom stereocenters. The van der Waals surface area contributed by atoms with Gasteiger partial charge >= 0.3 is 12.1 Å². The van der Waals surface area contributed by atoms with Crippen LogP contribution in [-0.4, -0.2) is 76.8 Å². The molecule has 1 saturated heterocycles. The van der Waals surface area contributed by atoms with Crippen LogP contribution in [0.15, 0.2) is 23.8 Å². The van der Waals surface area contributed by atoms with Gasteiger partial charge in [0.25, 0.3) is 0 Å². The summed E-state index contributed by atoms with van der Waals surface area (Å²) >= 11 is 0. The van der Waals surface area contributed by atoms with E-state index in [-0.39, 0.29) is 31.1 Å². The molecule has 5 aliphatic rings. The maximum atomic E-state index is 17.5. The lowest BCUT2D eigenvalue weighted by Gasteiger charge is -2.62. The second-order valence-corrected chi connectivity index (χ2v) is 14.6. The van der Waals surface area contributed by atoms with Crippen molar-refractivity contribution in [2.45, 2.75) is 115 Å². The third-order valence-corrected chi connectivity index (χ3v) is 10.4. The Kier molecular flexibility index (Phi) is 7.54. The first-order valence-electron chi connectivity index (χ1n) is 15.1. The number of carbonyl (C=O) groups is 4. The van der Waals surface area contributed by atoms with Crippen molar-refractivity contribution in [3.05, 3.63) is 23.8 Å². The summed E-state index contributed by atoms with van der Waals surface area (Å²) in [7, 11) is 0. The summed E-state index contributed by atoms with van der Waals surface area (Å²) in [6.07, 6.45) is 2.55. The average molecular weight is 606 g/mol. The number of fused-ring (bicyclic) bond motifs is 7. The Balaban J connectivity index is 1.36. The van der Waals surface area contributed by atoms with Crippen molar-refractivity contribution >= 4 is 23.6 Å². The normalized spacial score (nSPS) is 40.9. The van der Waals surface area contributed by atoms with Crippen LogP contribution in [0.3, 0.4) is 0 Å². The maximum Gasteiger partial charge on any atom is 0.407 e. The predicted octanol–water partition coefficient (Wildman–Crippen LogP) is 3.88. The number of aliphatic hydroxyl groups is 1. The van der Waals surface area contributed by atoms with Gasteiger partial charge in [0.1, 0.15) is 5.60 Å². The Hall–Kier alpha value is -2.63. The highest BCUT2D eigenvalue weighted by atomic mass is 19.1. The molecular weight excluding hydrogens is 561 g/mol. The minimum absolute atomic E-state index is 0.0379. The van der Waals surface area contributed by atoms with Crippen LogP contribution in [0.4, 0.5) is 9.18 Å². The van der Waals surface area contributed by atoms with E-state index in [4.69, 9.17) is 18.9 Å². The molecule has 1 heterocycles. The molecule has 0 bridgehead atoms. The second-order valence-electron chi connectivity index (χ2n) is 14.6. The third-order valence-electron chi connectivity index (χ3n) is 10.4. The zero-order chi connectivity index (χ0) is 31.8. The first-order valence-corrected chi connectivity index (χ1v) is 15.1. The van der Waals surface area contributed by atoms with E-state index in [2.05, 4.69) is 5.32 Å². The van der Waals surface area contributed by atoms with E-state index in [1.54, 1.807) is 47.6 Å². The summed E-state index contributed by atoms with van der Waals surface area (Å²) in [5.74, 6) is -3.54. The average Bonchev–Trinajstić information content (AvgIpc) is 3.28. The van der Waals surface area contributed by atoms with Gasteiger partial charge in [0.2, 0.25) is 5.78 Å². The highest BCUT2D eigenvalue weighted by molar-refractivity contribution is 6.01. The molecule has 5 rings (SSSR count). The molecule has 43 heavy (non-hydrogen) atoms. The van der Waals surface area contributed by atoms with Crippen LogP contribution in [-0.2, 0) is 33.3 Å². The lowest BCUT2D eigenvalue weighted by molar-refractivity contribution is -0.246. The Morgan fingerprint density at radius 2 is 1.86 bits per heavy atom. The number of alkyl halides is 1. The Morgan fingerprint density at radius 1 is 1.16 bits per heavy atom. The summed E-state index contributed by atoms with van der Waals surface area (Å²) in [5, 5.41) is 14.1. The van der Waals surface area contributed by atoms with Gasteiger partial charge in [-0.05, 0) is 85.3 Å². The lowest BCUT2D eigenvalue weighted by atomic mass is 9.44. The number of Topliss-reactive ketones (excluding diaryl/α,β-unsaturated/α-hetero) is 1. The van der Waals surface area contributed by atoms with Crippen molar-refractivity contribution in [3.63, 3.8) is 0 Å². The number of aliphatic hydroxyl groups excluding tert-OH is 1. The van der Waals surface area contributed by atoms with E-state index >= 15 is 4.39 Å². The molecule has 238 valence electrons. The van der Waals surface area contributed by atoms with Gasteiger partial charge in [-0.25, -0.2) is 9.18 Å². The summed E-state index contributed by atoms with van der Waals surface area (Å²) in [6.45, 7) is 11.5. The number of ether oxygens (including phenoxy) is 4. The summed E-state index contributed by atoms with van der Waals surface area (Å²) in [4.78, 5) is 50.6. The van der Waals surface area contributed by atoms with Crippen molar-refractivity contribution in [3.8, 4) is 0 Å². The van der Waals surface area contributed by atoms with Gasteiger partial charge < -0.3 is 29.4 Å². The molecule has 3 saturated carbocycles. The van der Waals surface area contributed by atoms with E-state index in [0.717, 1.165) is 0 Å². The fourth-order valence-electron chi connectivity index (χ4n) is 8.71. The highest BCUT2D eigenvalue weighted by Crippen LogP contribution is 2.72. The Morgan fingerprint density at radius 3 is 2.53 bits per heavy atom. The van der Waals surface area contributed by atoms with E-state index < -0.39 is 76.1 Å². The molecule has 10 nitrogen and oxygen atoms in total. The van der Waals surface area contributed by atoms with Crippen LogP contribution < -0.4 is 5.32 Å². The maximum absolute atomic E-state index is 17.5. The molecule has 0 radical (unpaired) electrons. The van der Waals surface area contributed by atoms with Crippen molar-refractivity contribution in [2.24, 2.45) is 22.7 Å². The Labute approximate surface area is 251 Å². The number of ketones is 2. The fourth-order valence-corrected chi connectivity index (χ4v) is 8.71. The summed E-state index contributed by atoms with van der Waals surface area (Å²) in [5.41, 5.74) is -5.85. The van der Waals surface area contributed by atoms with Gasteiger partial charge in [-0.3, -0.25) is 14.4 Å². The lowest BCUT2D eigenvalue weighted by Crippen LogP contribution is -2.70. The molecule has 0 aromatic rings. The summed E-state index contributed by atoms with van der Waals surface area (Å²) < 4.78 is 40.7. The number of hydrogen-bond donors (Lipinski definition) is 2. The molecule has 1 amide bonds. The van der Waals surface area contributed by atoms with Gasteiger partial charge in [0.15, 0.2) is 29.4 Å². The molecule has 0 aromatic heterocycles. The van der Waals surface area contributed by atoms with Crippen LogP contribution in [0.2, 0.25) is 0 Å². The molecular formula is C32H44FNO9. The first-order chi connectivity index (χ1) is 19.8. The van der Waals surface area contributed by atoms with Gasteiger partial charge in [-0.15, -0.1) is 0 Å². The van der Waals surface area contributed by atoms with Gasteiger partial charge in [-0.1, -0.05) is 18.6 Å². The summed E-state index contributed by atoms with van der Waals surface area (Å²) in [6, 6.07) is 0. The second kappa shape index (κ2) is 10.2. The molecule has 11 heteroatoms. The number of carbonyl (C=O) groups excluding carboxylic acids is 4. The first kappa shape index (κ1) is 31.8. The topological polar surface area (TPSA) is 137 Å². The molecule has 4 aliphatic carbocycles. The van der Waals surface area contributed by atoms with E-state index in [1.807, 2.05) is 6.92 Å². The molecule has 0 aromatic carbocycles. The molecule has 8 atom stereocenters. The predicted molar refractivity (Wildman–Crippen MR) is 151 cm³/mol. The van der Waals surface area contributed by atoms with Crippen LogP contribution in [0.5, 0.6) is 0 Å². The van der Waals surface area contributed by atoms with E-state index in [0.29, 0.717) is 24.8 Å².